The molecule has 148 valence electrons. The Balaban J connectivity index is 1.46. The molecule has 0 aromatic carbocycles. The first-order valence-corrected chi connectivity index (χ1v) is 10.0. The van der Waals surface area contributed by atoms with Crippen LogP contribution in [0.25, 0.3) is 0 Å². The predicted molar refractivity (Wildman–Crippen MR) is 99.5 cm³/mol. The maximum atomic E-state index is 12.8. The van der Waals surface area contributed by atoms with Gasteiger partial charge in [-0.2, -0.15) is 0 Å². The summed E-state index contributed by atoms with van der Waals surface area (Å²) in [5, 5.41) is 0. The van der Waals surface area contributed by atoms with Gasteiger partial charge in [-0.15, -0.1) is 0 Å². The second-order valence-electron chi connectivity index (χ2n) is 8.58. The number of likely N-dealkylation sites (tertiary alicyclic amines) is 1. The molecule has 0 aromatic rings. The predicted octanol–water partition coefficient (Wildman–Crippen LogP) is 0.143. The third-order valence-corrected chi connectivity index (χ3v) is 6.05. The fraction of sp³-hybridized carbons (Fsp3) is 0.895. The Morgan fingerprint density at radius 2 is 1.58 bits per heavy atom. The molecule has 0 bridgehead atoms. The Morgan fingerprint density at radius 1 is 1.00 bits per heavy atom. The maximum absolute atomic E-state index is 12.8. The molecule has 2 atom stereocenters. The van der Waals surface area contributed by atoms with Crippen molar-refractivity contribution in [2.24, 2.45) is 17.6 Å². The molecule has 0 spiro atoms. The van der Waals surface area contributed by atoms with E-state index in [9.17, 15) is 9.59 Å². The zero-order chi connectivity index (χ0) is 18.7. The van der Waals surface area contributed by atoms with E-state index >= 15 is 0 Å². The van der Waals surface area contributed by atoms with Gasteiger partial charge in [-0.25, -0.2) is 0 Å². The first-order chi connectivity index (χ1) is 12.4. The molecule has 0 aliphatic carbocycles. The number of ether oxygens (including phenoxy) is 1. The summed E-state index contributed by atoms with van der Waals surface area (Å²) < 4.78 is 5.33. The van der Waals surface area contributed by atoms with Gasteiger partial charge in [0.05, 0.1) is 12.1 Å². The van der Waals surface area contributed by atoms with E-state index in [1.54, 1.807) is 0 Å². The van der Waals surface area contributed by atoms with E-state index in [0.29, 0.717) is 57.5 Å². The minimum atomic E-state index is -0.768. The second-order valence-corrected chi connectivity index (χ2v) is 8.58. The van der Waals surface area contributed by atoms with Gasteiger partial charge in [-0.1, -0.05) is 13.8 Å². The largest absolute Gasteiger partial charge is 0.381 e. The number of rotatable bonds is 3. The van der Waals surface area contributed by atoms with Crippen LogP contribution in [0, 0.1) is 11.8 Å². The number of nitrogens with zero attached hydrogens (tertiary/aromatic N) is 3. The lowest BCUT2D eigenvalue weighted by molar-refractivity contribution is -0.143. The molecule has 26 heavy (non-hydrogen) atoms. The van der Waals surface area contributed by atoms with Crippen molar-refractivity contribution in [3.63, 3.8) is 0 Å². The maximum Gasteiger partial charge on any atom is 0.242 e. The quantitative estimate of drug-likeness (QED) is 0.769. The number of hydrogen-bond donors (Lipinski definition) is 1. The van der Waals surface area contributed by atoms with E-state index in [4.69, 9.17) is 10.5 Å². The second kappa shape index (κ2) is 8.23. The molecule has 3 aliphatic rings. The molecule has 3 rings (SSSR count). The van der Waals surface area contributed by atoms with E-state index in [-0.39, 0.29) is 11.8 Å². The van der Waals surface area contributed by atoms with Crippen molar-refractivity contribution in [3.8, 4) is 0 Å². The van der Waals surface area contributed by atoms with Crippen LogP contribution in [0.2, 0.25) is 0 Å². The van der Waals surface area contributed by atoms with Gasteiger partial charge in [0.1, 0.15) is 0 Å². The summed E-state index contributed by atoms with van der Waals surface area (Å²) in [5.74, 6) is 1.43. The number of nitrogens with two attached hydrogens (primary N) is 1. The van der Waals surface area contributed by atoms with E-state index in [1.165, 1.54) is 6.42 Å². The summed E-state index contributed by atoms with van der Waals surface area (Å²) >= 11 is 0. The van der Waals surface area contributed by atoms with Crippen molar-refractivity contribution >= 4 is 11.8 Å². The molecule has 7 heteroatoms. The molecule has 7 nitrogen and oxygen atoms in total. The standard InChI is InChI=1S/C19H34N4O3/c1-15-11-16(2)13-23(12-15)17(24)14-21-5-7-22(8-6-21)18(25)19(20)3-9-26-10-4-19/h15-16H,3-14,20H2,1-2H3. The van der Waals surface area contributed by atoms with Gasteiger partial charge in [0, 0.05) is 52.5 Å². The van der Waals surface area contributed by atoms with Gasteiger partial charge >= 0.3 is 0 Å². The van der Waals surface area contributed by atoms with Crippen LogP contribution >= 0.6 is 0 Å². The molecule has 3 heterocycles. The number of carbonyl (C=O) groups is 2. The molecule has 3 saturated heterocycles. The SMILES string of the molecule is CC1CC(C)CN(C(=O)CN2CCN(C(=O)C3(N)CCOCC3)CC2)C1. The lowest BCUT2D eigenvalue weighted by atomic mass is 9.89. The van der Waals surface area contributed by atoms with Crippen LogP contribution in [0.15, 0.2) is 0 Å². The van der Waals surface area contributed by atoms with Crippen molar-refractivity contribution in [2.75, 3.05) is 59.0 Å². The molecule has 3 fully saturated rings. The Bertz CT molecular complexity index is 503. The summed E-state index contributed by atoms with van der Waals surface area (Å²) in [6.07, 6.45) is 2.39. The minimum Gasteiger partial charge on any atom is -0.381 e. The van der Waals surface area contributed by atoms with Crippen LogP contribution in [-0.4, -0.2) is 91.1 Å². The van der Waals surface area contributed by atoms with E-state index in [1.807, 2.05) is 9.80 Å². The summed E-state index contributed by atoms with van der Waals surface area (Å²) in [7, 11) is 0. The van der Waals surface area contributed by atoms with Gasteiger partial charge in [0.2, 0.25) is 11.8 Å². The fourth-order valence-corrected chi connectivity index (χ4v) is 4.53. The van der Waals surface area contributed by atoms with E-state index in [0.717, 1.165) is 26.2 Å². The molecular weight excluding hydrogens is 332 g/mol. The van der Waals surface area contributed by atoms with Crippen molar-refractivity contribution in [1.29, 1.82) is 0 Å². The summed E-state index contributed by atoms with van der Waals surface area (Å²) in [6, 6.07) is 0. The van der Waals surface area contributed by atoms with Crippen molar-refractivity contribution in [1.82, 2.24) is 14.7 Å². The molecule has 0 aromatic heterocycles. The number of amides is 2. The smallest absolute Gasteiger partial charge is 0.242 e. The monoisotopic (exact) mass is 366 g/mol. The number of hydrogen-bond acceptors (Lipinski definition) is 5. The highest BCUT2D eigenvalue weighted by Crippen LogP contribution is 2.22. The van der Waals surface area contributed by atoms with Crippen LogP contribution in [0.3, 0.4) is 0 Å². The third kappa shape index (κ3) is 4.56. The lowest BCUT2D eigenvalue weighted by Gasteiger charge is -2.41. The van der Waals surface area contributed by atoms with Gasteiger partial charge < -0.3 is 20.3 Å². The Labute approximate surface area is 156 Å². The highest BCUT2D eigenvalue weighted by atomic mass is 16.5. The lowest BCUT2D eigenvalue weighted by Crippen LogP contribution is -2.61. The van der Waals surface area contributed by atoms with E-state index < -0.39 is 5.54 Å². The van der Waals surface area contributed by atoms with Gasteiger partial charge in [0.15, 0.2) is 0 Å². The highest BCUT2D eigenvalue weighted by Gasteiger charge is 2.40. The van der Waals surface area contributed by atoms with Crippen LogP contribution < -0.4 is 5.73 Å². The Kier molecular flexibility index (Phi) is 6.20. The molecule has 0 radical (unpaired) electrons. The molecule has 2 amide bonds. The zero-order valence-electron chi connectivity index (χ0n) is 16.3. The number of carbonyl (C=O) groups excluding carboxylic acids is 2. The fourth-order valence-electron chi connectivity index (χ4n) is 4.53. The van der Waals surface area contributed by atoms with Gasteiger partial charge in [-0.3, -0.25) is 14.5 Å². The van der Waals surface area contributed by atoms with Crippen LogP contribution in [0.4, 0.5) is 0 Å². The Morgan fingerprint density at radius 3 is 2.15 bits per heavy atom. The minimum absolute atomic E-state index is 0.0467. The average Bonchev–Trinajstić information content (AvgIpc) is 2.61. The van der Waals surface area contributed by atoms with Crippen molar-refractivity contribution in [3.05, 3.63) is 0 Å². The average molecular weight is 367 g/mol. The van der Waals surface area contributed by atoms with Crippen LogP contribution in [0.5, 0.6) is 0 Å². The Hall–Kier alpha value is -1.18. The molecule has 0 saturated carbocycles. The highest BCUT2D eigenvalue weighted by molar-refractivity contribution is 5.86. The van der Waals surface area contributed by atoms with Gasteiger partial charge in [-0.05, 0) is 31.1 Å². The van der Waals surface area contributed by atoms with Gasteiger partial charge in [0.25, 0.3) is 0 Å². The first-order valence-electron chi connectivity index (χ1n) is 10.0. The summed E-state index contributed by atoms with van der Waals surface area (Å²) in [6.45, 7) is 10.6. The molecule has 2 unspecified atom stereocenters. The van der Waals surface area contributed by atoms with Crippen LogP contribution in [-0.2, 0) is 14.3 Å². The normalized spacial score (nSPS) is 30.3. The topological polar surface area (TPSA) is 79.1 Å². The summed E-state index contributed by atoms with van der Waals surface area (Å²) in [4.78, 5) is 31.5. The van der Waals surface area contributed by atoms with Crippen LogP contribution in [0.1, 0.15) is 33.1 Å². The number of piperazine rings is 1. The number of piperidine rings is 1. The molecule has 2 N–H and O–H groups in total. The first kappa shape index (κ1) is 19.6. The zero-order valence-corrected chi connectivity index (χ0v) is 16.3. The van der Waals surface area contributed by atoms with Crippen molar-refractivity contribution < 1.29 is 14.3 Å². The third-order valence-electron chi connectivity index (χ3n) is 6.05. The summed E-state index contributed by atoms with van der Waals surface area (Å²) in [5.41, 5.74) is 5.56. The molecular formula is C19H34N4O3. The van der Waals surface area contributed by atoms with E-state index in [2.05, 4.69) is 18.7 Å². The van der Waals surface area contributed by atoms with Crippen molar-refractivity contribution in [2.45, 2.75) is 38.6 Å². The molecule has 3 aliphatic heterocycles.